The van der Waals surface area contributed by atoms with Gasteiger partial charge in [0.1, 0.15) is 16.9 Å². The van der Waals surface area contributed by atoms with Crippen molar-refractivity contribution in [2.45, 2.75) is 25.4 Å². The van der Waals surface area contributed by atoms with E-state index in [0.717, 1.165) is 10.9 Å². The Morgan fingerprint density at radius 1 is 1.14 bits per heavy atom. The standard InChI is InChI=1S/C22H20ClN3O3/c1-29-17-9-8-15-11-16(20(23)24-19(15)12-17)13-26-21(27)18(25-22(26)28)10-7-14-5-3-2-4-6-14/h2-6,8-9,11-12,18H,7,10,13H2,1H3,(H,25,28). The Hall–Kier alpha value is -3.12. The predicted octanol–water partition coefficient (Wildman–Crippen LogP) is 3.95. The van der Waals surface area contributed by atoms with E-state index < -0.39 is 12.1 Å². The molecule has 1 N–H and O–H groups in total. The monoisotopic (exact) mass is 409 g/mol. The third-order valence-electron chi connectivity index (χ3n) is 5.05. The molecule has 1 saturated heterocycles. The SMILES string of the molecule is COc1ccc2cc(CN3C(=O)NC(CCc4ccccc4)C3=O)c(Cl)nc2c1. The van der Waals surface area contributed by atoms with Crippen LogP contribution in [0.5, 0.6) is 5.75 Å². The molecule has 1 fully saturated rings. The van der Waals surface area contributed by atoms with Crippen molar-refractivity contribution in [3.05, 3.63) is 70.9 Å². The van der Waals surface area contributed by atoms with Crippen LogP contribution in [-0.4, -0.2) is 35.0 Å². The summed E-state index contributed by atoms with van der Waals surface area (Å²) in [5, 5.41) is 3.90. The summed E-state index contributed by atoms with van der Waals surface area (Å²) in [6.07, 6.45) is 1.26. The molecular formula is C22H20ClN3O3. The Bertz CT molecular complexity index is 1070. The Kier molecular flexibility index (Phi) is 5.36. The van der Waals surface area contributed by atoms with Crippen LogP contribution in [0.2, 0.25) is 5.15 Å². The van der Waals surface area contributed by atoms with Crippen LogP contribution in [0.4, 0.5) is 4.79 Å². The number of halogens is 1. The summed E-state index contributed by atoms with van der Waals surface area (Å²) in [6, 6.07) is 16.3. The molecule has 0 spiro atoms. The van der Waals surface area contributed by atoms with Gasteiger partial charge in [0.2, 0.25) is 0 Å². The Balaban J connectivity index is 1.49. The van der Waals surface area contributed by atoms with E-state index in [1.54, 1.807) is 13.2 Å². The first-order chi connectivity index (χ1) is 14.0. The van der Waals surface area contributed by atoms with Gasteiger partial charge in [0.05, 0.1) is 19.2 Å². The molecule has 4 rings (SSSR count). The van der Waals surface area contributed by atoms with Gasteiger partial charge in [-0.1, -0.05) is 41.9 Å². The molecule has 1 aliphatic rings. The fourth-order valence-electron chi connectivity index (χ4n) is 3.45. The summed E-state index contributed by atoms with van der Waals surface area (Å²) in [5.74, 6) is 0.445. The van der Waals surface area contributed by atoms with Crippen LogP contribution in [0.3, 0.4) is 0 Å². The molecule has 29 heavy (non-hydrogen) atoms. The first-order valence-electron chi connectivity index (χ1n) is 9.34. The normalized spacial score (nSPS) is 16.3. The summed E-state index contributed by atoms with van der Waals surface area (Å²) in [7, 11) is 1.59. The molecule has 1 aromatic heterocycles. The van der Waals surface area contributed by atoms with E-state index in [2.05, 4.69) is 10.3 Å². The maximum atomic E-state index is 12.8. The van der Waals surface area contributed by atoms with Gasteiger partial charge in [-0.05, 0) is 36.6 Å². The van der Waals surface area contributed by atoms with Crippen LogP contribution in [0.1, 0.15) is 17.5 Å². The molecule has 6 nitrogen and oxygen atoms in total. The first kappa shape index (κ1) is 19.2. The number of pyridine rings is 1. The third-order valence-corrected chi connectivity index (χ3v) is 5.38. The molecule has 7 heteroatoms. The van der Waals surface area contributed by atoms with Gasteiger partial charge >= 0.3 is 6.03 Å². The fourth-order valence-corrected chi connectivity index (χ4v) is 3.66. The largest absolute Gasteiger partial charge is 0.497 e. The molecule has 3 amide bonds. The van der Waals surface area contributed by atoms with Crippen LogP contribution in [0.15, 0.2) is 54.6 Å². The molecule has 1 aliphatic heterocycles. The molecular weight excluding hydrogens is 390 g/mol. The lowest BCUT2D eigenvalue weighted by molar-refractivity contribution is -0.128. The number of nitrogens with one attached hydrogen (secondary N) is 1. The second kappa shape index (κ2) is 8.09. The molecule has 2 aromatic carbocycles. The van der Waals surface area contributed by atoms with E-state index >= 15 is 0 Å². The van der Waals surface area contributed by atoms with Crippen molar-refractivity contribution in [3.8, 4) is 5.75 Å². The smallest absolute Gasteiger partial charge is 0.325 e. The van der Waals surface area contributed by atoms with Gasteiger partial charge in [-0.2, -0.15) is 0 Å². The van der Waals surface area contributed by atoms with Gasteiger partial charge in [0, 0.05) is 17.0 Å². The lowest BCUT2D eigenvalue weighted by atomic mass is 10.1. The molecule has 0 bridgehead atoms. The number of hydrogen-bond donors (Lipinski definition) is 1. The minimum Gasteiger partial charge on any atom is -0.497 e. The predicted molar refractivity (Wildman–Crippen MR) is 111 cm³/mol. The van der Waals surface area contributed by atoms with E-state index in [-0.39, 0.29) is 17.6 Å². The molecule has 0 aliphatic carbocycles. The van der Waals surface area contributed by atoms with E-state index in [1.165, 1.54) is 4.90 Å². The van der Waals surface area contributed by atoms with Crippen molar-refractivity contribution < 1.29 is 14.3 Å². The average molecular weight is 410 g/mol. The van der Waals surface area contributed by atoms with Crippen molar-refractivity contribution in [1.82, 2.24) is 15.2 Å². The van der Waals surface area contributed by atoms with Gasteiger partial charge in [0.25, 0.3) is 5.91 Å². The van der Waals surface area contributed by atoms with E-state index in [0.29, 0.717) is 29.7 Å². The number of carbonyl (C=O) groups excluding carboxylic acids is 2. The number of amides is 3. The number of urea groups is 1. The van der Waals surface area contributed by atoms with Crippen molar-refractivity contribution in [2.75, 3.05) is 7.11 Å². The van der Waals surface area contributed by atoms with Gasteiger partial charge < -0.3 is 10.1 Å². The summed E-state index contributed by atoms with van der Waals surface area (Å²) < 4.78 is 5.21. The zero-order valence-corrected chi connectivity index (χ0v) is 16.6. The number of rotatable bonds is 6. The van der Waals surface area contributed by atoms with E-state index in [9.17, 15) is 9.59 Å². The Morgan fingerprint density at radius 3 is 2.69 bits per heavy atom. The average Bonchev–Trinajstić information content (AvgIpc) is 3.00. The minimum absolute atomic E-state index is 0.0836. The Labute approximate surface area is 173 Å². The minimum atomic E-state index is -0.529. The van der Waals surface area contributed by atoms with Gasteiger partial charge in [-0.25, -0.2) is 9.78 Å². The second-order valence-electron chi connectivity index (χ2n) is 6.95. The molecule has 3 aromatic rings. The van der Waals surface area contributed by atoms with Crippen LogP contribution in [-0.2, 0) is 17.8 Å². The fraction of sp³-hybridized carbons (Fsp3) is 0.227. The highest BCUT2D eigenvalue weighted by Crippen LogP contribution is 2.26. The number of aromatic nitrogens is 1. The summed E-state index contributed by atoms with van der Waals surface area (Å²) in [4.78, 5) is 30.7. The lowest BCUT2D eigenvalue weighted by Gasteiger charge is -2.15. The van der Waals surface area contributed by atoms with Gasteiger partial charge in [-0.15, -0.1) is 0 Å². The number of aryl methyl sites for hydroxylation is 1. The number of carbonyl (C=O) groups is 2. The number of fused-ring (bicyclic) bond motifs is 1. The zero-order valence-electron chi connectivity index (χ0n) is 15.9. The van der Waals surface area contributed by atoms with Crippen molar-refractivity contribution >= 4 is 34.4 Å². The van der Waals surface area contributed by atoms with Crippen molar-refractivity contribution in [3.63, 3.8) is 0 Å². The number of ether oxygens (including phenoxy) is 1. The maximum Gasteiger partial charge on any atom is 0.325 e. The molecule has 0 saturated carbocycles. The number of benzene rings is 2. The maximum absolute atomic E-state index is 12.8. The van der Waals surface area contributed by atoms with Crippen LogP contribution in [0.25, 0.3) is 10.9 Å². The van der Waals surface area contributed by atoms with Gasteiger partial charge in [-0.3, -0.25) is 9.69 Å². The first-order valence-corrected chi connectivity index (χ1v) is 9.72. The van der Waals surface area contributed by atoms with Gasteiger partial charge in [0.15, 0.2) is 0 Å². The second-order valence-corrected chi connectivity index (χ2v) is 7.31. The highest BCUT2D eigenvalue weighted by atomic mass is 35.5. The zero-order chi connectivity index (χ0) is 20.4. The number of imide groups is 1. The van der Waals surface area contributed by atoms with Crippen molar-refractivity contribution in [1.29, 1.82) is 0 Å². The molecule has 0 radical (unpaired) electrons. The van der Waals surface area contributed by atoms with Crippen LogP contribution in [0, 0.1) is 0 Å². The van der Waals surface area contributed by atoms with Crippen LogP contribution < -0.4 is 10.1 Å². The molecule has 1 unspecified atom stereocenters. The number of hydrogen-bond acceptors (Lipinski definition) is 4. The highest BCUT2D eigenvalue weighted by Gasteiger charge is 2.37. The lowest BCUT2D eigenvalue weighted by Crippen LogP contribution is -2.31. The van der Waals surface area contributed by atoms with E-state index in [4.69, 9.17) is 16.3 Å². The topological polar surface area (TPSA) is 71.5 Å². The Morgan fingerprint density at radius 2 is 1.93 bits per heavy atom. The van der Waals surface area contributed by atoms with E-state index in [1.807, 2.05) is 48.5 Å². The summed E-state index contributed by atoms with van der Waals surface area (Å²) in [5.41, 5.74) is 2.44. The summed E-state index contributed by atoms with van der Waals surface area (Å²) in [6.45, 7) is 0.0836. The molecule has 2 heterocycles. The third kappa shape index (κ3) is 4.03. The molecule has 1 atom stereocenters. The molecule has 148 valence electrons. The highest BCUT2D eigenvalue weighted by molar-refractivity contribution is 6.30. The van der Waals surface area contributed by atoms with Crippen molar-refractivity contribution in [2.24, 2.45) is 0 Å². The quantitative estimate of drug-likeness (QED) is 0.494. The number of methoxy groups -OCH3 is 1. The number of nitrogens with zero attached hydrogens (tertiary/aromatic N) is 2. The summed E-state index contributed by atoms with van der Waals surface area (Å²) >= 11 is 6.33. The van der Waals surface area contributed by atoms with Crippen LogP contribution >= 0.6 is 11.6 Å².